The van der Waals surface area contributed by atoms with E-state index in [1.165, 1.54) is 11.3 Å². The van der Waals surface area contributed by atoms with Crippen molar-refractivity contribution in [2.24, 2.45) is 0 Å². The van der Waals surface area contributed by atoms with Gasteiger partial charge in [-0.15, -0.1) is 11.3 Å². The molecule has 2 heterocycles. The molecular weight excluding hydrogens is 318 g/mol. The van der Waals surface area contributed by atoms with Crippen LogP contribution in [0.25, 0.3) is 22.2 Å². The third-order valence-corrected chi connectivity index (χ3v) is 4.45. The van der Waals surface area contributed by atoms with E-state index in [9.17, 15) is 4.79 Å². The van der Waals surface area contributed by atoms with E-state index in [4.69, 9.17) is 0 Å². The van der Waals surface area contributed by atoms with Gasteiger partial charge >= 0.3 is 0 Å². The average Bonchev–Trinajstić information content (AvgIpc) is 3.10. The monoisotopic (exact) mass is 331 g/mol. The van der Waals surface area contributed by atoms with Gasteiger partial charge in [-0.2, -0.15) is 0 Å². The highest BCUT2D eigenvalue weighted by Gasteiger charge is 2.13. The maximum Gasteiger partial charge on any atom is 0.258 e. The Bertz CT molecular complexity index is 1010. The van der Waals surface area contributed by atoms with E-state index < -0.39 is 0 Å². The second kappa shape index (κ2) is 6.22. The van der Waals surface area contributed by atoms with Gasteiger partial charge < -0.3 is 0 Å². The Balaban J connectivity index is 1.61. The number of nitrogens with zero attached hydrogens (tertiary/aromatic N) is 2. The number of thiazole rings is 1. The predicted molar refractivity (Wildman–Crippen MR) is 97.2 cm³/mol. The van der Waals surface area contributed by atoms with Gasteiger partial charge in [-0.1, -0.05) is 48.5 Å². The maximum absolute atomic E-state index is 12.6. The Kier molecular flexibility index (Phi) is 3.76. The van der Waals surface area contributed by atoms with E-state index in [0.717, 1.165) is 22.2 Å². The van der Waals surface area contributed by atoms with Crippen molar-refractivity contribution in [2.45, 2.75) is 0 Å². The van der Waals surface area contributed by atoms with Crippen LogP contribution in [0.5, 0.6) is 0 Å². The van der Waals surface area contributed by atoms with Gasteiger partial charge in [0, 0.05) is 22.5 Å². The zero-order valence-electron chi connectivity index (χ0n) is 12.6. The number of hydrogen-bond acceptors (Lipinski definition) is 4. The fraction of sp³-hybridized carbons (Fsp3) is 0. The minimum absolute atomic E-state index is 0.178. The summed E-state index contributed by atoms with van der Waals surface area (Å²) in [6, 6.07) is 19.2. The number of hydrogen-bond donors (Lipinski definition) is 1. The summed E-state index contributed by atoms with van der Waals surface area (Å²) in [6.45, 7) is 0. The van der Waals surface area contributed by atoms with Gasteiger partial charge in [0.15, 0.2) is 5.13 Å². The number of aromatic nitrogens is 2. The smallest absolute Gasteiger partial charge is 0.258 e. The van der Waals surface area contributed by atoms with Gasteiger partial charge in [0.05, 0.1) is 16.8 Å². The predicted octanol–water partition coefficient (Wildman–Crippen LogP) is 4.61. The lowest BCUT2D eigenvalue weighted by molar-refractivity contribution is 0.102. The van der Waals surface area contributed by atoms with Crippen molar-refractivity contribution < 1.29 is 4.79 Å². The number of benzene rings is 2. The summed E-state index contributed by atoms with van der Waals surface area (Å²) >= 11 is 1.41. The lowest BCUT2D eigenvalue weighted by Gasteiger charge is -2.05. The molecule has 2 aromatic heterocycles. The van der Waals surface area contributed by atoms with E-state index in [0.29, 0.717) is 10.7 Å². The Morgan fingerprint density at radius 1 is 0.958 bits per heavy atom. The Morgan fingerprint density at radius 3 is 2.62 bits per heavy atom. The molecule has 0 fully saturated rings. The maximum atomic E-state index is 12.6. The van der Waals surface area contributed by atoms with E-state index >= 15 is 0 Å². The van der Waals surface area contributed by atoms with Crippen molar-refractivity contribution in [2.75, 3.05) is 5.32 Å². The Morgan fingerprint density at radius 2 is 1.75 bits per heavy atom. The molecule has 0 saturated carbocycles. The fourth-order valence-corrected chi connectivity index (χ4v) is 3.25. The van der Waals surface area contributed by atoms with Crippen LogP contribution in [0.1, 0.15) is 10.4 Å². The van der Waals surface area contributed by atoms with E-state index in [2.05, 4.69) is 15.3 Å². The number of nitrogens with one attached hydrogen (secondary N) is 1. The van der Waals surface area contributed by atoms with Crippen LogP contribution in [0.15, 0.2) is 72.2 Å². The molecule has 0 spiro atoms. The summed E-state index contributed by atoms with van der Waals surface area (Å²) in [7, 11) is 0. The molecule has 0 saturated heterocycles. The summed E-state index contributed by atoms with van der Waals surface area (Å²) in [4.78, 5) is 21.4. The zero-order chi connectivity index (χ0) is 16.4. The number of carbonyl (C=O) groups is 1. The number of pyridine rings is 1. The van der Waals surface area contributed by atoms with Gasteiger partial charge in [0.1, 0.15) is 0 Å². The van der Waals surface area contributed by atoms with Crippen molar-refractivity contribution in [3.05, 3.63) is 77.8 Å². The number of rotatable bonds is 3. The second-order valence-electron chi connectivity index (χ2n) is 5.23. The van der Waals surface area contributed by atoms with E-state index in [1.807, 2.05) is 60.0 Å². The summed E-state index contributed by atoms with van der Waals surface area (Å²) < 4.78 is 0. The molecule has 2 aromatic carbocycles. The van der Waals surface area contributed by atoms with Crippen molar-refractivity contribution in [1.82, 2.24) is 9.97 Å². The fourth-order valence-electron chi connectivity index (χ4n) is 2.53. The molecule has 4 nitrogen and oxygen atoms in total. The van der Waals surface area contributed by atoms with Crippen LogP contribution in [-0.4, -0.2) is 15.9 Å². The SMILES string of the molecule is O=C(Nc1nc(-c2ccccc2)cs1)c1ccnc2ccccc12. The average molecular weight is 331 g/mol. The Hall–Kier alpha value is -3.05. The molecule has 0 atom stereocenters. The molecule has 0 aliphatic rings. The van der Waals surface area contributed by atoms with Crippen LogP contribution in [0.3, 0.4) is 0 Å². The lowest BCUT2D eigenvalue weighted by Crippen LogP contribution is -2.12. The van der Waals surface area contributed by atoms with Crippen molar-refractivity contribution in [3.8, 4) is 11.3 Å². The highest BCUT2D eigenvalue weighted by molar-refractivity contribution is 7.14. The largest absolute Gasteiger partial charge is 0.298 e. The number of anilines is 1. The van der Waals surface area contributed by atoms with Gasteiger partial charge in [0.2, 0.25) is 0 Å². The van der Waals surface area contributed by atoms with Crippen molar-refractivity contribution in [1.29, 1.82) is 0 Å². The van der Waals surface area contributed by atoms with Crippen LogP contribution < -0.4 is 5.32 Å². The molecule has 24 heavy (non-hydrogen) atoms. The zero-order valence-corrected chi connectivity index (χ0v) is 13.5. The molecule has 116 valence electrons. The minimum Gasteiger partial charge on any atom is -0.298 e. The number of para-hydroxylation sites is 1. The van der Waals surface area contributed by atoms with Crippen LogP contribution in [-0.2, 0) is 0 Å². The van der Waals surface area contributed by atoms with Crippen molar-refractivity contribution in [3.63, 3.8) is 0 Å². The number of amides is 1. The molecule has 0 aliphatic heterocycles. The summed E-state index contributed by atoms with van der Waals surface area (Å²) in [6.07, 6.45) is 1.65. The Labute approximate surface area is 142 Å². The first-order valence-corrected chi connectivity index (χ1v) is 8.35. The molecule has 4 rings (SSSR count). The number of fused-ring (bicyclic) bond motifs is 1. The van der Waals surface area contributed by atoms with Crippen LogP contribution in [0.2, 0.25) is 0 Å². The first-order chi connectivity index (χ1) is 11.8. The topological polar surface area (TPSA) is 54.9 Å². The van der Waals surface area contributed by atoms with Gasteiger partial charge in [0.25, 0.3) is 5.91 Å². The second-order valence-corrected chi connectivity index (χ2v) is 6.09. The molecule has 1 N–H and O–H groups in total. The minimum atomic E-state index is -0.178. The first kappa shape index (κ1) is 14.5. The molecule has 0 unspecified atom stereocenters. The van der Waals surface area contributed by atoms with E-state index in [-0.39, 0.29) is 5.91 Å². The quantitative estimate of drug-likeness (QED) is 0.596. The standard InChI is InChI=1S/C19H13N3OS/c23-18(15-10-11-20-16-9-5-4-8-14(15)16)22-19-21-17(12-24-19)13-6-2-1-3-7-13/h1-12H,(H,21,22,23). The third kappa shape index (κ3) is 2.77. The van der Waals surface area contributed by atoms with Crippen LogP contribution in [0, 0.1) is 0 Å². The van der Waals surface area contributed by atoms with E-state index in [1.54, 1.807) is 12.3 Å². The third-order valence-electron chi connectivity index (χ3n) is 3.69. The van der Waals surface area contributed by atoms with Gasteiger partial charge in [-0.3, -0.25) is 15.1 Å². The molecule has 0 aliphatic carbocycles. The molecule has 0 bridgehead atoms. The van der Waals surface area contributed by atoms with Gasteiger partial charge in [-0.25, -0.2) is 4.98 Å². The van der Waals surface area contributed by atoms with Gasteiger partial charge in [-0.05, 0) is 12.1 Å². The summed E-state index contributed by atoms with van der Waals surface area (Å²) in [5.74, 6) is -0.178. The highest BCUT2D eigenvalue weighted by Crippen LogP contribution is 2.25. The first-order valence-electron chi connectivity index (χ1n) is 7.47. The summed E-state index contributed by atoms with van der Waals surface area (Å²) in [5, 5.41) is 6.24. The van der Waals surface area contributed by atoms with Crippen molar-refractivity contribution >= 4 is 33.3 Å². The van der Waals surface area contributed by atoms with Crippen LogP contribution in [0.4, 0.5) is 5.13 Å². The lowest BCUT2D eigenvalue weighted by atomic mass is 10.1. The molecule has 1 amide bonds. The highest BCUT2D eigenvalue weighted by atomic mass is 32.1. The normalized spacial score (nSPS) is 10.7. The molecule has 4 aromatic rings. The summed E-state index contributed by atoms with van der Waals surface area (Å²) in [5.41, 5.74) is 3.28. The van der Waals surface area contributed by atoms with Crippen LogP contribution >= 0.6 is 11.3 Å². The molecule has 5 heteroatoms. The number of carbonyl (C=O) groups excluding carboxylic acids is 1. The molecule has 0 radical (unpaired) electrons. The molecular formula is C19H13N3OS.